The Kier molecular flexibility index (Phi) is 6.80. The summed E-state index contributed by atoms with van der Waals surface area (Å²) >= 11 is 0. The van der Waals surface area contributed by atoms with Crippen LogP contribution in [0.3, 0.4) is 0 Å². The van der Waals surface area contributed by atoms with Crippen LogP contribution in [-0.2, 0) is 9.59 Å². The van der Waals surface area contributed by atoms with E-state index in [-0.39, 0.29) is 24.9 Å². The van der Waals surface area contributed by atoms with E-state index in [1.54, 1.807) is 4.90 Å². The lowest BCUT2D eigenvalue weighted by Gasteiger charge is -2.35. The summed E-state index contributed by atoms with van der Waals surface area (Å²) in [5.74, 6) is -1.77. The van der Waals surface area contributed by atoms with E-state index in [2.05, 4.69) is 0 Å². The Morgan fingerprint density at radius 1 is 1.18 bits per heavy atom. The summed E-state index contributed by atoms with van der Waals surface area (Å²) < 4.78 is 0. The van der Waals surface area contributed by atoms with Gasteiger partial charge in [-0.15, -0.1) is 0 Å². The summed E-state index contributed by atoms with van der Waals surface area (Å²) in [6.07, 6.45) is 0.728. The Balaban J connectivity index is 4.83. The Hall–Kier alpha value is -1.10. The lowest BCUT2D eigenvalue weighted by molar-refractivity contribution is -0.148. The molecule has 0 aliphatic carbocycles. The van der Waals surface area contributed by atoms with Crippen molar-refractivity contribution in [1.29, 1.82) is 0 Å². The summed E-state index contributed by atoms with van der Waals surface area (Å²) in [5.41, 5.74) is 0. The van der Waals surface area contributed by atoms with Crippen molar-refractivity contribution in [2.45, 2.75) is 52.6 Å². The summed E-state index contributed by atoms with van der Waals surface area (Å²) in [6.45, 7) is 7.87. The summed E-state index contributed by atoms with van der Waals surface area (Å²) in [5, 5.41) is 18.0. The second-order valence-electron chi connectivity index (χ2n) is 4.64. The number of hydrogen-bond acceptors (Lipinski definition) is 3. The molecule has 5 heteroatoms. The van der Waals surface area contributed by atoms with Gasteiger partial charge in [-0.1, -0.05) is 20.3 Å². The Labute approximate surface area is 102 Å². The van der Waals surface area contributed by atoms with Crippen LogP contribution in [0.4, 0.5) is 0 Å². The molecule has 0 aromatic rings. The van der Waals surface area contributed by atoms with Gasteiger partial charge in [-0.05, 0) is 19.8 Å². The molecule has 0 aliphatic rings. The summed E-state index contributed by atoms with van der Waals surface area (Å²) in [6, 6.07) is -0.594. The third kappa shape index (κ3) is 5.17. The molecule has 2 atom stereocenters. The molecule has 2 unspecified atom stereocenters. The highest BCUT2D eigenvalue weighted by molar-refractivity contribution is 5.74. The molecule has 0 spiro atoms. The molecule has 0 saturated heterocycles. The van der Waals surface area contributed by atoms with E-state index in [9.17, 15) is 14.7 Å². The molecule has 0 radical (unpaired) electrons. The predicted octanol–water partition coefficient (Wildman–Crippen LogP) is 1.67. The third-order valence-electron chi connectivity index (χ3n) is 3.04. The number of carboxylic acid groups (broad SMARTS) is 2. The molecular weight excluding hydrogens is 222 g/mol. The molecule has 0 amide bonds. The van der Waals surface area contributed by atoms with Crippen molar-refractivity contribution in [3.05, 3.63) is 0 Å². The van der Waals surface area contributed by atoms with E-state index in [1.165, 1.54) is 0 Å². The first-order chi connectivity index (χ1) is 7.81. The zero-order valence-corrected chi connectivity index (χ0v) is 11.0. The quantitative estimate of drug-likeness (QED) is 0.680. The van der Waals surface area contributed by atoms with Gasteiger partial charge in [0.2, 0.25) is 0 Å². The van der Waals surface area contributed by atoms with Gasteiger partial charge >= 0.3 is 11.9 Å². The van der Waals surface area contributed by atoms with Crippen LogP contribution < -0.4 is 0 Å². The fourth-order valence-corrected chi connectivity index (χ4v) is 1.88. The van der Waals surface area contributed by atoms with Crippen molar-refractivity contribution in [1.82, 2.24) is 4.90 Å². The number of nitrogens with zero attached hydrogens (tertiary/aromatic N) is 1. The second-order valence-corrected chi connectivity index (χ2v) is 4.64. The molecule has 0 bridgehead atoms. The van der Waals surface area contributed by atoms with Crippen LogP contribution in [-0.4, -0.2) is 45.7 Å². The fourth-order valence-electron chi connectivity index (χ4n) is 1.88. The molecular formula is C12H23NO4. The average Bonchev–Trinajstić information content (AvgIpc) is 2.21. The average molecular weight is 245 g/mol. The minimum Gasteiger partial charge on any atom is -0.481 e. The molecule has 0 heterocycles. The Bertz CT molecular complexity index is 265. The number of carbonyl (C=O) groups is 2. The minimum atomic E-state index is -0.899. The van der Waals surface area contributed by atoms with Gasteiger partial charge in [-0.3, -0.25) is 14.5 Å². The number of rotatable bonds is 8. The molecule has 2 N–H and O–H groups in total. The van der Waals surface area contributed by atoms with E-state index in [0.29, 0.717) is 0 Å². The van der Waals surface area contributed by atoms with Crippen LogP contribution in [0, 0.1) is 5.92 Å². The second kappa shape index (κ2) is 7.27. The summed E-state index contributed by atoms with van der Waals surface area (Å²) in [7, 11) is 0. The highest BCUT2D eigenvalue weighted by Crippen LogP contribution is 2.18. The normalized spacial score (nSPS) is 14.9. The zero-order valence-electron chi connectivity index (χ0n) is 11.0. The Morgan fingerprint density at radius 3 is 2.00 bits per heavy atom. The number of hydrogen-bond donors (Lipinski definition) is 2. The Morgan fingerprint density at radius 2 is 1.71 bits per heavy atom. The molecule has 0 fully saturated rings. The lowest BCUT2D eigenvalue weighted by atomic mass is 9.96. The first kappa shape index (κ1) is 15.9. The first-order valence-electron chi connectivity index (χ1n) is 6.01. The van der Waals surface area contributed by atoms with Gasteiger partial charge in [-0.2, -0.15) is 0 Å². The first-order valence-corrected chi connectivity index (χ1v) is 6.01. The van der Waals surface area contributed by atoms with Gasteiger partial charge < -0.3 is 10.2 Å². The van der Waals surface area contributed by atoms with Crippen LogP contribution in [0.1, 0.15) is 40.5 Å². The minimum absolute atomic E-state index is 0.00342. The van der Waals surface area contributed by atoms with Crippen molar-refractivity contribution in [2.75, 3.05) is 6.54 Å². The van der Waals surface area contributed by atoms with Crippen molar-refractivity contribution >= 4 is 11.9 Å². The molecule has 0 saturated carbocycles. The zero-order chi connectivity index (χ0) is 13.6. The maximum atomic E-state index is 11.3. The van der Waals surface area contributed by atoms with E-state index < -0.39 is 18.0 Å². The van der Waals surface area contributed by atoms with Crippen LogP contribution >= 0.6 is 0 Å². The van der Waals surface area contributed by atoms with Crippen molar-refractivity contribution in [3.8, 4) is 0 Å². The highest BCUT2D eigenvalue weighted by Gasteiger charge is 2.31. The monoisotopic (exact) mass is 245 g/mol. The molecule has 5 nitrogen and oxygen atoms in total. The SMILES string of the molecule is CCC(C)C(C(=O)O)N(CCC(=O)O)C(C)C. The predicted molar refractivity (Wildman–Crippen MR) is 65.0 cm³/mol. The van der Waals surface area contributed by atoms with E-state index in [0.717, 1.165) is 6.42 Å². The summed E-state index contributed by atoms with van der Waals surface area (Å²) in [4.78, 5) is 23.6. The van der Waals surface area contributed by atoms with Crippen LogP contribution in [0.2, 0.25) is 0 Å². The van der Waals surface area contributed by atoms with E-state index in [1.807, 2.05) is 27.7 Å². The fraction of sp³-hybridized carbons (Fsp3) is 0.833. The van der Waals surface area contributed by atoms with Crippen molar-refractivity contribution in [2.24, 2.45) is 5.92 Å². The van der Waals surface area contributed by atoms with Gasteiger partial charge in [0, 0.05) is 12.6 Å². The maximum absolute atomic E-state index is 11.3. The topological polar surface area (TPSA) is 77.8 Å². The molecule has 17 heavy (non-hydrogen) atoms. The van der Waals surface area contributed by atoms with Gasteiger partial charge in [-0.25, -0.2) is 0 Å². The van der Waals surface area contributed by atoms with Crippen LogP contribution in [0.5, 0.6) is 0 Å². The molecule has 0 aromatic heterocycles. The van der Waals surface area contributed by atoms with Crippen molar-refractivity contribution in [3.63, 3.8) is 0 Å². The third-order valence-corrected chi connectivity index (χ3v) is 3.04. The van der Waals surface area contributed by atoms with Gasteiger partial charge in [0.25, 0.3) is 0 Å². The largest absolute Gasteiger partial charge is 0.481 e. The smallest absolute Gasteiger partial charge is 0.321 e. The standard InChI is InChI=1S/C12H23NO4/c1-5-9(4)11(12(16)17)13(8(2)3)7-6-10(14)15/h8-9,11H,5-7H2,1-4H3,(H,14,15)(H,16,17). The lowest BCUT2D eigenvalue weighted by Crippen LogP contribution is -2.49. The van der Waals surface area contributed by atoms with E-state index in [4.69, 9.17) is 5.11 Å². The van der Waals surface area contributed by atoms with Crippen molar-refractivity contribution < 1.29 is 19.8 Å². The molecule has 0 rings (SSSR count). The highest BCUT2D eigenvalue weighted by atomic mass is 16.4. The van der Waals surface area contributed by atoms with Gasteiger partial charge in [0.05, 0.1) is 6.42 Å². The molecule has 100 valence electrons. The van der Waals surface area contributed by atoms with Crippen LogP contribution in [0.25, 0.3) is 0 Å². The van der Waals surface area contributed by atoms with Crippen LogP contribution in [0.15, 0.2) is 0 Å². The molecule has 0 aliphatic heterocycles. The molecule has 0 aromatic carbocycles. The van der Waals surface area contributed by atoms with E-state index >= 15 is 0 Å². The van der Waals surface area contributed by atoms with Gasteiger partial charge in [0.15, 0.2) is 0 Å². The van der Waals surface area contributed by atoms with Gasteiger partial charge in [0.1, 0.15) is 6.04 Å². The number of carboxylic acids is 2. The maximum Gasteiger partial charge on any atom is 0.321 e. The number of aliphatic carboxylic acids is 2.